The summed E-state index contributed by atoms with van der Waals surface area (Å²) in [5, 5.41) is 0. The van der Waals surface area contributed by atoms with Gasteiger partial charge >= 0.3 is 6.03 Å². The van der Waals surface area contributed by atoms with Crippen LogP contribution in [0.3, 0.4) is 0 Å². The number of carbonyl (C=O) groups excluding carboxylic acids is 1. The van der Waals surface area contributed by atoms with Gasteiger partial charge in [0.1, 0.15) is 0 Å². The van der Waals surface area contributed by atoms with Gasteiger partial charge in [-0.2, -0.15) is 0 Å². The van der Waals surface area contributed by atoms with Crippen LogP contribution in [-0.2, 0) is 6.42 Å². The highest BCUT2D eigenvalue weighted by molar-refractivity contribution is 5.75. The topological polar surface area (TPSA) is 23.6 Å². The highest BCUT2D eigenvalue weighted by atomic mass is 16.2. The maximum Gasteiger partial charge on any atom is 0.320 e. The van der Waals surface area contributed by atoms with E-state index in [1.807, 2.05) is 9.80 Å². The molecule has 0 bridgehead atoms. The molecule has 1 aliphatic rings. The first-order valence-corrected chi connectivity index (χ1v) is 7.71. The molecule has 1 unspecified atom stereocenters. The molecule has 2 amide bonds. The normalized spacial score (nSPS) is 18.6. The molecule has 1 heterocycles. The summed E-state index contributed by atoms with van der Waals surface area (Å²) >= 11 is 0. The molecule has 1 saturated heterocycles. The third-order valence-electron chi connectivity index (χ3n) is 4.13. The van der Waals surface area contributed by atoms with E-state index in [-0.39, 0.29) is 12.1 Å². The number of hydrogen-bond acceptors (Lipinski definition) is 1. The summed E-state index contributed by atoms with van der Waals surface area (Å²) in [6.07, 6.45) is 2.20. The second-order valence-electron chi connectivity index (χ2n) is 5.95. The summed E-state index contributed by atoms with van der Waals surface area (Å²) in [5.41, 5.74) is 1.38. The number of urea groups is 1. The quantitative estimate of drug-likeness (QED) is 0.825. The van der Waals surface area contributed by atoms with Gasteiger partial charge in [-0.05, 0) is 45.1 Å². The summed E-state index contributed by atoms with van der Waals surface area (Å²) in [6.45, 7) is 8.81. The summed E-state index contributed by atoms with van der Waals surface area (Å²) in [7, 11) is 0. The fourth-order valence-corrected chi connectivity index (χ4v) is 3.02. The fourth-order valence-electron chi connectivity index (χ4n) is 3.02. The minimum absolute atomic E-state index is 0.207. The number of hydrogen-bond donors (Lipinski definition) is 0. The third kappa shape index (κ3) is 3.53. The lowest BCUT2D eigenvalue weighted by Gasteiger charge is -2.30. The van der Waals surface area contributed by atoms with Crippen LogP contribution in [-0.4, -0.2) is 41.5 Å². The third-order valence-corrected chi connectivity index (χ3v) is 4.13. The molecule has 0 aromatic heterocycles. The van der Waals surface area contributed by atoms with Crippen molar-refractivity contribution in [3.8, 4) is 0 Å². The molecule has 0 saturated carbocycles. The molecule has 2 rings (SSSR count). The van der Waals surface area contributed by atoms with Crippen LogP contribution < -0.4 is 0 Å². The van der Waals surface area contributed by atoms with Crippen molar-refractivity contribution in [3.63, 3.8) is 0 Å². The number of likely N-dealkylation sites (tertiary alicyclic amines) is 1. The van der Waals surface area contributed by atoms with Crippen LogP contribution in [0.4, 0.5) is 4.79 Å². The number of rotatable bonds is 4. The van der Waals surface area contributed by atoms with Crippen LogP contribution in [0.15, 0.2) is 30.3 Å². The SMILES string of the molecule is CCN(C(=O)N1CCC(Cc2ccccc2)C1)C(C)C. The molecular formula is C17H26N2O. The first-order valence-electron chi connectivity index (χ1n) is 7.71. The maximum absolute atomic E-state index is 12.5. The Morgan fingerprint density at radius 3 is 2.65 bits per heavy atom. The second kappa shape index (κ2) is 6.78. The van der Waals surface area contributed by atoms with Crippen molar-refractivity contribution in [3.05, 3.63) is 35.9 Å². The van der Waals surface area contributed by atoms with E-state index in [1.54, 1.807) is 0 Å². The molecule has 20 heavy (non-hydrogen) atoms. The van der Waals surface area contributed by atoms with Crippen molar-refractivity contribution >= 4 is 6.03 Å². The van der Waals surface area contributed by atoms with Crippen molar-refractivity contribution in [1.29, 1.82) is 0 Å². The largest absolute Gasteiger partial charge is 0.324 e. The molecule has 1 atom stereocenters. The Morgan fingerprint density at radius 1 is 1.35 bits per heavy atom. The van der Waals surface area contributed by atoms with Gasteiger partial charge in [-0.1, -0.05) is 30.3 Å². The van der Waals surface area contributed by atoms with Crippen molar-refractivity contribution in [2.75, 3.05) is 19.6 Å². The highest BCUT2D eigenvalue weighted by Crippen LogP contribution is 2.22. The van der Waals surface area contributed by atoms with E-state index < -0.39 is 0 Å². The molecule has 3 heteroatoms. The summed E-state index contributed by atoms with van der Waals surface area (Å²) in [5.74, 6) is 0.604. The Labute approximate surface area is 122 Å². The smallest absolute Gasteiger partial charge is 0.320 e. The number of benzene rings is 1. The van der Waals surface area contributed by atoms with Crippen molar-refractivity contribution in [2.45, 2.75) is 39.7 Å². The molecule has 0 N–H and O–H groups in total. The molecule has 0 radical (unpaired) electrons. The van der Waals surface area contributed by atoms with Crippen molar-refractivity contribution in [1.82, 2.24) is 9.80 Å². The Hall–Kier alpha value is -1.51. The fraction of sp³-hybridized carbons (Fsp3) is 0.588. The summed E-state index contributed by atoms with van der Waals surface area (Å²) in [6, 6.07) is 11.1. The predicted octanol–water partition coefficient (Wildman–Crippen LogP) is 3.40. The van der Waals surface area contributed by atoms with Gasteiger partial charge in [-0.15, -0.1) is 0 Å². The van der Waals surface area contributed by atoms with Crippen LogP contribution in [0.2, 0.25) is 0 Å². The summed E-state index contributed by atoms with van der Waals surface area (Å²) < 4.78 is 0. The zero-order chi connectivity index (χ0) is 14.5. The van der Waals surface area contributed by atoms with Gasteiger partial charge in [-0.25, -0.2) is 4.79 Å². The average molecular weight is 274 g/mol. The lowest BCUT2D eigenvalue weighted by molar-refractivity contribution is 0.150. The van der Waals surface area contributed by atoms with E-state index in [0.29, 0.717) is 5.92 Å². The Morgan fingerprint density at radius 2 is 2.05 bits per heavy atom. The first-order chi connectivity index (χ1) is 9.61. The minimum atomic E-state index is 0.207. The van der Waals surface area contributed by atoms with Crippen LogP contribution in [0.25, 0.3) is 0 Å². The molecule has 1 aromatic carbocycles. The number of amides is 2. The molecule has 1 fully saturated rings. The Balaban J connectivity index is 1.90. The van der Waals surface area contributed by atoms with Gasteiger partial charge < -0.3 is 9.80 Å². The van der Waals surface area contributed by atoms with Crippen molar-refractivity contribution < 1.29 is 4.79 Å². The van der Waals surface area contributed by atoms with Crippen LogP contribution in [0, 0.1) is 5.92 Å². The number of nitrogens with zero attached hydrogens (tertiary/aromatic N) is 2. The van der Waals surface area contributed by atoms with Gasteiger partial charge in [0.2, 0.25) is 0 Å². The van der Waals surface area contributed by atoms with Gasteiger partial charge in [0.25, 0.3) is 0 Å². The van der Waals surface area contributed by atoms with Gasteiger partial charge in [0.15, 0.2) is 0 Å². The first kappa shape index (κ1) is 14.9. The maximum atomic E-state index is 12.5. The monoisotopic (exact) mass is 274 g/mol. The molecule has 0 aliphatic carbocycles. The zero-order valence-corrected chi connectivity index (χ0v) is 12.9. The van der Waals surface area contributed by atoms with E-state index in [4.69, 9.17) is 0 Å². The lowest BCUT2D eigenvalue weighted by Crippen LogP contribution is -2.45. The lowest BCUT2D eigenvalue weighted by atomic mass is 9.99. The van der Waals surface area contributed by atoms with E-state index >= 15 is 0 Å². The van der Waals surface area contributed by atoms with Gasteiger partial charge in [0.05, 0.1) is 0 Å². The van der Waals surface area contributed by atoms with Crippen LogP contribution in [0.1, 0.15) is 32.8 Å². The Kier molecular flexibility index (Phi) is 5.05. The second-order valence-corrected chi connectivity index (χ2v) is 5.95. The minimum Gasteiger partial charge on any atom is -0.324 e. The van der Waals surface area contributed by atoms with Crippen molar-refractivity contribution in [2.24, 2.45) is 5.92 Å². The molecule has 1 aliphatic heterocycles. The molecular weight excluding hydrogens is 248 g/mol. The standard InChI is InChI=1S/C17H26N2O/c1-4-19(14(2)3)17(20)18-11-10-16(13-18)12-15-8-6-5-7-9-15/h5-9,14,16H,4,10-13H2,1-3H3. The summed E-state index contributed by atoms with van der Waals surface area (Å²) in [4.78, 5) is 16.4. The highest BCUT2D eigenvalue weighted by Gasteiger charge is 2.29. The molecule has 3 nitrogen and oxygen atoms in total. The predicted molar refractivity (Wildman–Crippen MR) is 82.7 cm³/mol. The van der Waals surface area contributed by atoms with E-state index in [9.17, 15) is 4.79 Å². The van der Waals surface area contributed by atoms with Gasteiger partial charge in [0, 0.05) is 25.7 Å². The molecule has 110 valence electrons. The van der Waals surface area contributed by atoms with Gasteiger partial charge in [-0.3, -0.25) is 0 Å². The zero-order valence-electron chi connectivity index (χ0n) is 12.9. The van der Waals surface area contributed by atoms with E-state index in [1.165, 1.54) is 5.56 Å². The number of carbonyl (C=O) groups is 1. The van der Waals surface area contributed by atoms with E-state index in [2.05, 4.69) is 51.1 Å². The molecule has 0 spiro atoms. The average Bonchev–Trinajstić information content (AvgIpc) is 2.88. The molecule has 1 aromatic rings. The van der Waals surface area contributed by atoms with E-state index in [0.717, 1.165) is 32.5 Å². The Bertz CT molecular complexity index is 430. The van der Waals surface area contributed by atoms with Crippen LogP contribution >= 0.6 is 0 Å². The van der Waals surface area contributed by atoms with Crippen LogP contribution in [0.5, 0.6) is 0 Å².